The summed E-state index contributed by atoms with van der Waals surface area (Å²) in [5, 5.41) is 3.77. The van der Waals surface area contributed by atoms with Crippen LogP contribution in [0.2, 0.25) is 0 Å². The van der Waals surface area contributed by atoms with Crippen molar-refractivity contribution in [1.29, 1.82) is 0 Å². The first-order valence-corrected chi connectivity index (χ1v) is 6.27. The lowest BCUT2D eigenvalue weighted by Crippen LogP contribution is -2.42. The highest BCUT2D eigenvalue weighted by atomic mass is 15.0. The molecule has 0 saturated heterocycles. The third-order valence-corrected chi connectivity index (χ3v) is 3.37. The van der Waals surface area contributed by atoms with E-state index in [-0.39, 0.29) is 0 Å². The number of nitrogens with two attached hydrogens (primary N) is 1. The Morgan fingerprint density at radius 3 is 2.36 bits per heavy atom. The lowest BCUT2D eigenvalue weighted by atomic mass is 9.91. The molecule has 0 aromatic carbocycles. The Balaban J connectivity index is 2.21. The summed E-state index contributed by atoms with van der Waals surface area (Å²) < 4.78 is 0. The van der Waals surface area contributed by atoms with Gasteiger partial charge in [-0.3, -0.25) is 0 Å². The average Bonchev–Trinajstić information content (AvgIpc) is 2.20. The van der Waals surface area contributed by atoms with Crippen LogP contribution in [0.3, 0.4) is 0 Å². The van der Waals surface area contributed by atoms with E-state index in [1.54, 1.807) is 0 Å². The lowest BCUT2D eigenvalue weighted by molar-refractivity contribution is 0.303. The van der Waals surface area contributed by atoms with Crippen LogP contribution in [0.25, 0.3) is 0 Å². The van der Waals surface area contributed by atoms with Crippen molar-refractivity contribution < 1.29 is 0 Å². The van der Waals surface area contributed by atoms with E-state index in [9.17, 15) is 0 Å². The van der Waals surface area contributed by atoms with Crippen molar-refractivity contribution in [2.75, 3.05) is 0 Å². The molecule has 0 aromatic heterocycles. The number of rotatable bonds is 5. The summed E-state index contributed by atoms with van der Waals surface area (Å²) in [6.07, 6.45) is 8.84. The second kappa shape index (κ2) is 6.41. The zero-order valence-corrected chi connectivity index (χ0v) is 9.76. The largest absolute Gasteiger partial charge is 0.328 e. The Hall–Kier alpha value is -0.0800. The number of nitrogens with one attached hydrogen (secondary N) is 1. The van der Waals surface area contributed by atoms with Crippen molar-refractivity contribution in [2.24, 2.45) is 5.73 Å². The van der Waals surface area contributed by atoms with Gasteiger partial charge < -0.3 is 11.1 Å². The van der Waals surface area contributed by atoms with Crippen LogP contribution in [0.4, 0.5) is 0 Å². The third kappa shape index (κ3) is 3.97. The van der Waals surface area contributed by atoms with Gasteiger partial charge in [0.15, 0.2) is 0 Å². The van der Waals surface area contributed by atoms with E-state index >= 15 is 0 Å². The van der Waals surface area contributed by atoms with Gasteiger partial charge in [-0.1, -0.05) is 20.3 Å². The van der Waals surface area contributed by atoms with Gasteiger partial charge in [-0.05, 0) is 38.5 Å². The highest BCUT2D eigenvalue weighted by Gasteiger charge is 2.19. The summed E-state index contributed by atoms with van der Waals surface area (Å²) in [4.78, 5) is 0. The van der Waals surface area contributed by atoms with Crippen molar-refractivity contribution in [3.63, 3.8) is 0 Å². The van der Waals surface area contributed by atoms with Gasteiger partial charge in [0, 0.05) is 18.1 Å². The van der Waals surface area contributed by atoms with Crippen LogP contribution in [0.1, 0.15) is 58.8 Å². The van der Waals surface area contributed by atoms with Crippen LogP contribution >= 0.6 is 0 Å². The molecular weight excluding hydrogens is 172 g/mol. The molecule has 0 heterocycles. The predicted octanol–water partition coefficient (Wildman–Crippen LogP) is 2.42. The number of hydrogen-bond acceptors (Lipinski definition) is 2. The Labute approximate surface area is 88.6 Å². The smallest absolute Gasteiger partial charge is 0.00708 e. The molecule has 1 aliphatic carbocycles. The maximum atomic E-state index is 5.89. The molecule has 0 aromatic rings. The normalized spacial score (nSPS) is 30.2. The Morgan fingerprint density at radius 1 is 1.21 bits per heavy atom. The molecule has 3 N–H and O–H groups in total. The zero-order valence-electron chi connectivity index (χ0n) is 9.76. The maximum absolute atomic E-state index is 5.89. The van der Waals surface area contributed by atoms with E-state index in [0.717, 1.165) is 12.1 Å². The molecule has 0 radical (unpaired) electrons. The Morgan fingerprint density at radius 2 is 1.86 bits per heavy atom. The van der Waals surface area contributed by atoms with Crippen LogP contribution in [0, 0.1) is 0 Å². The molecule has 84 valence electrons. The number of hydrogen-bond donors (Lipinski definition) is 2. The third-order valence-electron chi connectivity index (χ3n) is 3.37. The molecule has 0 aliphatic heterocycles. The summed E-state index contributed by atoms with van der Waals surface area (Å²) >= 11 is 0. The van der Waals surface area contributed by atoms with Crippen molar-refractivity contribution in [3.05, 3.63) is 0 Å². The summed E-state index contributed by atoms with van der Waals surface area (Å²) in [7, 11) is 0. The molecule has 1 saturated carbocycles. The summed E-state index contributed by atoms with van der Waals surface area (Å²) in [6.45, 7) is 4.54. The standard InChI is InChI=1S/C12H26N2/c1-3-5-11(4-2)14-12-8-6-10(13)7-9-12/h10-12,14H,3-9,13H2,1-2H3. The van der Waals surface area contributed by atoms with E-state index in [2.05, 4.69) is 19.2 Å². The van der Waals surface area contributed by atoms with E-state index in [4.69, 9.17) is 5.73 Å². The quantitative estimate of drug-likeness (QED) is 0.712. The van der Waals surface area contributed by atoms with E-state index < -0.39 is 0 Å². The van der Waals surface area contributed by atoms with Gasteiger partial charge in [-0.15, -0.1) is 0 Å². The monoisotopic (exact) mass is 198 g/mol. The molecule has 1 fully saturated rings. The topological polar surface area (TPSA) is 38.0 Å². The Bertz CT molecular complexity index is 139. The first-order chi connectivity index (χ1) is 6.76. The fraction of sp³-hybridized carbons (Fsp3) is 1.00. The second-order valence-corrected chi connectivity index (χ2v) is 4.67. The summed E-state index contributed by atoms with van der Waals surface area (Å²) in [5.74, 6) is 0. The fourth-order valence-corrected chi connectivity index (χ4v) is 2.37. The van der Waals surface area contributed by atoms with Crippen molar-refractivity contribution in [2.45, 2.75) is 76.9 Å². The van der Waals surface area contributed by atoms with Crippen LogP contribution in [-0.4, -0.2) is 18.1 Å². The van der Waals surface area contributed by atoms with Crippen molar-refractivity contribution >= 4 is 0 Å². The molecule has 14 heavy (non-hydrogen) atoms. The average molecular weight is 198 g/mol. The minimum absolute atomic E-state index is 0.472. The van der Waals surface area contributed by atoms with Crippen LogP contribution in [-0.2, 0) is 0 Å². The van der Waals surface area contributed by atoms with Crippen molar-refractivity contribution in [3.8, 4) is 0 Å². The zero-order chi connectivity index (χ0) is 10.4. The first-order valence-electron chi connectivity index (χ1n) is 6.27. The molecule has 2 heteroatoms. The van der Waals surface area contributed by atoms with Crippen LogP contribution < -0.4 is 11.1 Å². The molecule has 1 rings (SSSR count). The van der Waals surface area contributed by atoms with Gasteiger partial charge in [0.1, 0.15) is 0 Å². The van der Waals surface area contributed by atoms with Crippen LogP contribution in [0.15, 0.2) is 0 Å². The fourth-order valence-electron chi connectivity index (χ4n) is 2.37. The molecule has 1 aliphatic rings. The summed E-state index contributed by atoms with van der Waals surface area (Å²) in [6, 6.07) is 1.95. The summed E-state index contributed by atoms with van der Waals surface area (Å²) in [5.41, 5.74) is 5.89. The Kier molecular flexibility index (Phi) is 5.49. The highest BCUT2D eigenvalue weighted by Crippen LogP contribution is 2.18. The molecular formula is C12H26N2. The molecule has 0 amide bonds. The molecule has 1 atom stereocenters. The first kappa shape index (κ1) is 12.0. The van der Waals surface area contributed by atoms with E-state index in [1.165, 1.54) is 44.9 Å². The maximum Gasteiger partial charge on any atom is 0.00708 e. The van der Waals surface area contributed by atoms with Gasteiger partial charge in [0.25, 0.3) is 0 Å². The van der Waals surface area contributed by atoms with Crippen molar-refractivity contribution in [1.82, 2.24) is 5.32 Å². The predicted molar refractivity (Wildman–Crippen MR) is 62.4 cm³/mol. The molecule has 0 spiro atoms. The van der Waals surface area contributed by atoms with Crippen LogP contribution in [0.5, 0.6) is 0 Å². The van der Waals surface area contributed by atoms with Gasteiger partial charge in [0.2, 0.25) is 0 Å². The van der Waals surface area contributed by atoms with Gasteiger partial charge >= 0.3 is 0 Å². The lowest BCUT2D eigenvalue weighted by Gasteiger charge is -2.30. The molecule has 0 bridgehead atoms. The van der Waals surface area contributed by atoms with E-state index in [0.29, 0.717) is 6.04 Å². The minimum Gasteiger partial charge on any atom is -0.328 e. The van der Waals surface area contributed by atoms with Gasteiger partial charge in [-0.2, -0.15) is 0 Å². The van der Waals surface area contributed by atoms with E-state index in [1.807, 2.05) is 0 Å². The highest BCUT2D eigenvalue weighted by molar-refractivity contribution is 4.81. The van der Waals surface area contributed by atoms with Gasteiger partial charge in [-0.25, -0.2) is 0 Å². The SMILES string of the molecule is CCCC(CC)NC1CCC(N)CC1. The van der Waals surface area contributed by atoms with Gasteiger partial charge in [0.05, 0.1) is 0 Å². The minimum atomic E-state index is 0.472. The molecule has 2 nitrogen and oxygen atoms in total. The second-order valence-electron chi connectivity index (χ2n) is 4.67. The molecule has 1 unspecified atom stereocenters.